The Morgan fingerprint density at radius 3 is 2.47 bits per heavy atom. The third-order valence-corrected chi connectivity index (χ3v) is 4.34. The van der Waals surface area contributed by atoms with Gasteiger partial charge in [0.2, 0.25) is 0 Å². The molecule has 0 N–H and O–H groups in total. The van der Waals surface area contributed by atoms with Gasteiger partial charge in [-0.05, 0) is 30.4 Å². The van der Waals surface area contributed by atoms with E-state index in [-0.39, 0.29) is 5.91 Å². The van der Waals surface area contributed by atoms with Crippen LogP contribution in [0.25, 0.3) is 0 Å². The highest BCUT2D eigenvalue weighted by molar-refractivity contribution is 5.91. The predicted octanol–water partition coefficient (Wildman–Crippen LogP) is 3.32. The highest BCUT2D eigenvalue weighted by atomic mass is 16.3. The van der Waals surface area contributed by atoms with Crippen molar-refractivity contribution in [2.75, 3.05) is 13.1 Å². The van der Waals surface area contributed by atoms with E-state index in [2.05, 4.69) is 13.8 Å². The molecule has 1 saturated heterocycles. The van der Waals surface area contributed by atoms with Crippen LogP contribution >= 0.6 is 0 Å². The molecule has 0 saturated carbocycles. The lowest BCUT2D eigenvalue weighted by atomic mass is 9.74. The summed E-state index contributed by atoms with van der Waals surface area (Å²) in [4.78, 5) is 14.0. The third-order valence-electron chi connectivity index (χ3n) is 4.34. The van der Waals surface area contributed by atoms with Crippen LogP contribution < -0.4 is 0 Å². The van der Waals surface area contributed by atoms with Gasteiger partial charge in [0.1, 0.15) is 0 Å². The first-order valence-corrected chi connectivity index (χ1v) is 6.53. The average Bonchev–Trinajstić information content (AvgIpc) is 2.92. The molecule has 0 atom stereocenters. The fourth-order valence-corrected chi connectivity index (χ4v) is 2.70. The molecule has 1 aromatic rings. The summed E-state index contributed by atoms with van der Waals surface area (Å²) in [7, 11) is 0. The molecule has 94 valence electrons. The van der Waals surface area contributed by atoms with Crippen molar-refractivity contribution in [1.82, 2.24) is 4.90 Å². The van der Waals surface area contributed by atoms with E-state index in [1.165, 1.54) is 12.8 Å². The first kappa shape index (κ1) is 12.2. The Balaban J connectivity index is 1.97. The Bertz CT molecular complexity index is 356. The minimum Gasteiger partial charge on any atom is -0.459 e. The van der Waals surface area contributed by atoms with Crippen LogP contribution in [0.15, 0.2) is 22.8 Å². The molecule has 1 fully saturated rings. The normalized spacial score (nSPS) is 19.3. The number of furan rings is 1. The molecule has 0 spiro atoms. The van der Waals surface area contributed by atoms with Gasteiger partial charge in [0.05, 0.1) is 6.26 Å². The summed E-state index contributed by atoms with van der Waals surface area (Å²) in [5.74, 6) is 0.501. The molecule has 3 nitrogen and oxygen atoms in total. The standard InChI is InChI=1S/C14H21NO2/c1-3-14(4-2)7-9-15(10-8-14)13(16)12-6-5-11-17-12/h5-6,11H,3-4,7-10H2,1-2H3. The first-order chi connectivity index (χ1) is 8.21. The molecule has 2 heterocycles. The van der Waals surface area contributed by atoms with E-state index in [1.807, 2.05) is 4.90 Å². The lowest BCUT2D eigenvalue weighted by Gasteiger charge is -2.40. The van der Waals surface area contributed by atoms with Crippen LogP contribution in [0.4, 0.5) is 0 Å². The topological polar surface area (TPSA) is 33.5 Å². The summed E-state index contributed by atoms with van der Waals surface area (Å²) in [6.45, 7) is 6.24. The molecule has 0 aliphatic carbocycles. The summed E-state index contributed by atoms with van der Waals surface area (Å²) in [5.41, 5.74) is 0.458. The van der Waals surface area contributed by atoms with Gasteiger partial charge in [-0.2, -0.15) is 0 Å². The maximum atomic E-state index is 12.1. The van der Waals surface area contributed by atoms with E-state index in [0.29, 0.717) is 11.2 Å². The van der Waals surface area contributed by atoms with E-state index in [9.17, 15) is 4.79 Å². The van der Waals surface area contributed by atoms with Gasteiger partial charge in [-0.15, -0.1) is 0 Å². The number of likely N-dealkylation sites (tertiary alicyclic amines) is 1. The summed E-state index contributed by atoms with van der Waals surface area (Å²) >= 11 is 0. The van der Waals surface area contributed by atoms with Gasteiger partial charge >= 0.3 is 0 Å². The van der Waals surface area contributed by atoms with Crippen molar-refractivity contribution in [3.8, 4) is 0 Å². The van der Waals surface area contributed by atoms with E-state index in [4.69, 9.17) is 4.42 Å². The van der Waals surface area contributed by atoms with Crippen molar-refractivity contribution >= 4 is 5.91 Å². The molecule has 0 aromatic carbocycles. The zero-order valence-corrected chi connectivity index (χ0v) is 10.7. The monoisotopic (exact) mass is 235 g/mol. The molecule has 1 aliphatic heterocycles. The summed E-state index contributed by atoms with van der Waals surface area (Å²) < 4.78 is 5.16. The van der Waals surface area contributed by atoms with Crippen molar-refractivity contribution in [2.45, 2.75) is 39.5 Å². The van der Waals surface area contributed by atoms with Gasteiger partial charge in [0.15, 0.2) is 5.76 Å². The van der Waals surface area contributed by atoms with Crippen molar-refractivity contribution in [3.63, 3.8) is 0 Å². The van der Waals surface area contributed by atoms with Gasteiger partial charge in [-0.25, -0.2) is 0 Å². The fourth-order valence-electron chi connectivity index (χ4n) is 2.70. The lowest BCUT2D eigenvalue weighted by Crippen LogP contribution is -2.42. The summed E-state index contributed by atoms with van der Waals surface area (Å²) in [5, 5.41) is 0. The average molecular weight is 235 g/mol. The zero-order valence-electron chi connectivity index (χ0n) is 10.7. The van der Waals surface area contributed by atoms with Crippen LogP contribution in [-0.2, 0) is 0 Å². The molecule has 17 heavy (non-hydrogen) atoms. The van der Waals surface area contributed by atoms with Crippen LogP contribution in [0, 0.1) is 5.41 Å². The zero-order chi connectivity index (χ0) is 12.3. The smallest absolute Gasteiger partial charge is 0.289 e. The highest BCUT2D eigenvalue weighted by Crippen LogP contribution is 2.38. The SMILES string of the molecule is CCC1(CC)CCN(C(=O)c2ccco2)CC1. The van der Waals surface area contributed by atoms with Crippen LogP contribution in [-0.4, -0.2) is 23.9 Å². The number of hydrogen-bond donors (Lipinski definition) is 0. The first-order valence-electron chi connectivity index (χ1n) is 6.53. The second-order valence-corrected chi connectivity index (χ2v) is 4.98. The Morgan fingerprint density at radius 2 is 2.00 bits per heavy atom. The Hall–Kier alpha value is -1.25. The number of carbonyl (C=O) groups excluding carboxylic acids is 1. The van der Waals surface area contributed by atoms with Crippen LogP contribution in [0.5, 0.6) is 0 Å². The predicted molar refractivity (Wildman–Crippen MR) is 66.9 cm³/mol. The molecule has 0 unspecified atom stereocenters. The van der Waals surface area contributed by atoms with Gasteiger partial charge in [-0.3, -0.25) is 4.79 Å². The fraction of sp³-hybridized carbons (Fsp3) is 0.643. The van der Waals surface area contributed by atoms with Gasteiger partial charge in [0, 0.05) is 13.1 Å². The number of piperidine rings is 1. The minimum atomic E-state index is 0.0378. The Labute approximate surface area is 103 Å². The maximum absolute atomic E-state index is 12.1. The molecule has 0 bridgehead atoms. The number of hydrogen-bond acceptors (Lipinski definition) is 2. The largest absolute Gasteiger partial charge is 0.459 e. The molecular formula is C14H21NO2. The maximum Gasteiger partial charge on any atom is 0.289 e. The minimum absolute atomic E-state index is 0.0378. The van der Waals surface area contributed by atoms with Gasteiger partial charge in [-0.1, -0.05) is 26.7 Å². The summed E-state index contributed by atoms with van der Waals surface area (Å²) in [6.07, 6.45) is 6.22. The van der Waals surface area contributed by atoms with E-state index in [1.54, 1.807) is 18.4 Å². The Morgan fingerprint density at radius 1 is 1.35 bits per heavy atom. The molecular weight excluding hydrogens is 214 g/mol. The third kappa shape index (κ3) is 2.38. The second kappa shape index (κ2) is 4.94. The van der Waals surface area contributed by atoms with Crippen molar-refractivity contribution in [2.24, 2.45) is 5.41 Å². The van der Waals surface area contributed by atoms with Crippen LogP contribution in [0.2, 0.25) is 0 Å². The quantitative estimate of drug-likeness (QED) is 0.805. The number of carbonyl (C=O) groups is 1. The molecule has 2 rings (SSSR count). The number of amides is 1. The van der Waals surface area contributed by atoms with Crippen molar-refractivity contribution in [3.05, 3.63) is 24.2 Å². The van der Waals surface area contributed by atoms with Crippen LogP contribution in [0.1, 0.15) is 50.1 Å². The molecule has 1 amide bonds. The van der Waals surface area contributed by atoms with Gasteiger partial charge < -0.3 is 9.32 Å². The molecule has 1 aromatic heterocycles. The van der Waals surface area contributed by atoms with Crippen LogP contribution in [0.3, 0.4) is 0 Å². The number of rotatable bonds is 3. The lowest BCUT2D eigenvalue weighted by molar-refractivity contribution is 0.0529. The van der Waals surface area contributed by atoms with Crippen molar-refractivity contribution in [1.29, 1.82) is 0 Å². The molecule has 0 radical (unpaired) electrons. The molecule has 3 heteroatoms. The van der Waals surface area contributed by atoms with Gasteiger partial charge in [0.25, 0.3) is 5.91 Å². The highest BCUT2D eigenvalue weighted by Gasteiger charge is 2.33. The molecule has 1 aliphatic rings. The second-order valence-electron chi connectivity index (χ2n) is 4.98. The summed E-state index contributed by atoms with van der Waals surface area (Å²) in [6, 6.07) is 3.50. The number of nitrogens with zero attached hydrogens (tertiary/aromatic N) is 1. The van der Waals surface area contributed by atoms with Crippen molar-refractivity contribution < 1.29 is 9.21 Å². The Kier molecular flexibility index (Phi) is 3.55. The van der Waals surface area contributed by atoms with E-state index < -0.39 is 0 Å². The van der Waals surface area contributed by atoms with E-state index in [0.717, 1.165) is 25.9 Å². The van der Waals surface area contributed by atoms with E-state index >= 15 is 0 Å².